The van der Waals surface area contributed by atoms with E-state index in [2.05, 4.69) is 80.7 Å². The first-order chi connectivity index (χ1) is 12.0. The Balaban J connectivity index is 1.93. The zero-order valence-electron chi connectivity index (χ0n) is 15.6. The Labute approximate surface area is 151 Å². The van der Waals surface area contributed by atoms with Crippen molar-refractivity contribution in [1.29, 1.82) is 0 Å². The molecule has 4 rings (SSSR count). The molecule has 0 amide bonds. The molecule has 2 heteroatoms. The fourth-order valence-corrected chi connectivity index (χ4v) is 4.92. The Morgan fingerprint density at radius 1 is 1.00 bits per heavy atom. The van der Waals surface area contributed by atoms with E-state index in [1.54, 1.807) is 0 Å². The first-order valence-corrected chi connectivity index (χ1v) is 9.60. The number of hydrogen-bond donors (Lipinski definition) is 1. The van der Waals surface area contributed by atoms with Crippen LogP contribution in [0.2, 0.25) is 0 Å². The second-order valence-corrected chi connectivity index (χ2v) is 8.36. The van der Waals surface area contributed by atoms with Gasteiger partial charge < -0.3 is 4.74 Å². The Kier molecular flexibility index (Phi) is 4.01. The summed E-state index contributed by atoms with van der Waals surface area (Å²) in [5.74, 6) is 0. The lowest BCUT2D eigenvalue weighted by Gasteiger charge is -2.45. The minimum Gasteiger partial charge on any atom is -0.353 e. The summed E-state index contributed by atoms with van der Waals surface area (Å²) < 4.78 is 6.70. The maximum Gasteiger partial charge on any atom is 0.156 e. The van der Waals surface area contributed by atoms with Crippen LogP contribution in [0.4, 0.5) is 0 Å². The van der Waals surface area contributed by atoms with Crippen molar-refractivity contribution in [3.63, 3.8) is 0 Å². The largest absolute Gasteiger partial charge is 0.353 e. The smallest absolute Gasteiger partial charge is 0.156 e. The van der Waals surface area contributed by atoms with Crippen molar-refractivity contribution >= 4 is 0 Å². The monoisotopic (exact) mass is 335 g/mol. The van der Waals surface area contributed by atoms with Gasteiger partial charge in [0.05, 0.1) is 6.61 Å². The van der Waals surface area contributed by atoms with Gasteiger partial charge in [0.2, 0.25) is 0 Å². The van der Waals surface area contributed by atoms with E-state index in [9.17, 15) is 0 Å². The van der Waals surface area contributed by atoms with Gasteiger partial charge in [0.1, 0.15) is 0 Å². The molecule has 2 atom stereocenters. The van der Waals surface area contributed by atoms with Gasteiger partial charge >= 0.3 is 0 Å². The lowest BCUT2D eigenvalue weighted by Crippen LogP contribution is -2.57. The number of unbranched alkanes of at least 4 members (excludes halogenated alkanes) is 1. The SMILES string of the molecule is CCCCC1(c2ccccc2)Cc2ccccc2C12NC(C)(C)CO2. The number of rotatable bonds is 4. The Bertz CT molecular complexity index is 754. The number of nitrogens with one attached hydrogen (secondary N) is 1. The van der Waals surface area contributed by atoms with Crippen LogP contribution < -0.4 is 5.32 Å². The third-order valence-corrected chi connectivity index (χ3v) is 6.01. The van der Waals surface area contributed by atoms with E-state index in [4.69, 9.17) is 4.74 Å². The van der Waals surface area contributed by atoms with E-state index in [-0.39, 0.29) is 11.0 Å². The number of ether oxygens (including phenoxy) is 1. The van der Waals surface area contributed by atoms with Gasteiger partial charge in [0, 0.05) is 16.5 Å². The van der Waals surface area contributed by atoms with Crippen molar-refractivity contribution in [2.45, 2.75) is 63.1 Å². The first kappa shape index (κ1) is 16.8. The van der Waals surface area contributed by atoms with Gasteiger partial charge in [-0.25, -0.2) is 0 Å². The highest BCUT2D eigenvalue weighted by molar-refractivity contribution is 5.49. The standard InChI is InChI=1S/C23H29NO/c1-4-5-15-22(19-12-7-6-8-13-19)16-18-11-9-10-14-20(18)23(22)24-21(2,3)17-25-23/h6-14,24H,4-5,15-17H2,1-3H3. The van der Waals surface area contributed by atoms with Crippen LogP contribution in [0, 0.1) is 0 Å². The number of benzene rings is 2. The summed E-state index contributed by atoms with van der Waals surface area (Å²) in [5, 5.41) is 3.94. The third kappa shape index (κ3) is 2.46. The molecule has 2 unspecified atom stereocenters. The summed E-state index contributed by atoms with van der Waals surface area (Å²) >= 11 is 0. The summed E-state index contributed by atoms with van der Waals surface area (Å²) in [7, 11) is 0. The Hall–Kier alpha value is -1.64. The summed E-state index contributed by atoms with van der Waals surface area (Å²) in [6, 6.07) is 19.9. The predicted octanol–water partition coefficient (Wildman–Crippen LogP) is 4.92. The lowest BCUT2D eigenvalue weighted by molar-refractivity contribution is -0.0766. The van der Waals surface area contributed by atoms with Crippen LogP contribution in [0.3, 0.4) is 0 Å². The highest BCUT2D eigenvalue weighted by Gasteiger charge is 2.63. The molecule has 1 heterocycles. The molecule has 2 aromatic rings. The van der Waals surface area contributed by atoms with Crippen LogP contribution in [0.25, 0.3) is 0 Å². The fourth-order valence-electron chi connectivity index (χ4n) is 4.92. The molecule has 132 valence electrons. The van der Waals surface area contributed by atoms with E-state index < -0.39 is 5.72 Å². The van der Waals surface area contributed by atoms with Gasteiger partial charge in [-0.3, -0.25) is 5.32 Å². The third-order valence-electron chi connectivity index (χ3n) is 6.01. The zero-order valence-corrected chi connectivity index (χ0v) is 15.6. The number of fused-ring (bicyclic) bond motifs is 2. The molecular formula is C23H29NO. The molecule has 2 aliphatic rings. The van der Waals surface area contributed by atoms with Gasteiger partial charge in [-0.2, -0.15) is 0 Å². The van der Waals surface area contributed by atoms with Crippen molar-refractivity contribution in [2.75, 3.05) is 6.61 Å². The molecule has 0 saturated carbocycles. The van der Waals surface area contributed by atoms with Crippen molar-refractivity contribution < 1.29 is 4.74 Å². The maximum absolute atomic E-state index is 6.70. The van der Waals surface area contributed by atoms with Crippen molar-refractivity contribution in [2.24, 2.45) is 0 Å². The molecule has 1 aliphatic carbocycles. The summed E-state index contributed by atoms with van der Waals surface area (Å²) in [6.45, 7) is 7.51. The molecule has 0 aromatic heterocycles. The van der Waals surface area contributed by atoms with Gasteiger partial charge in [-0.05, 0) is 37.8 Å². The lowest BCUT2D eigenvalue weighted by atomic mass is 9.68. The summed E-state index contributed by atoms with van der Waals surface area (Å²) in [5.41, 5.74) is 3.65. The zero-order chi connectivity index (χ0) is 17.5. The minimum atomic E-state index is -0.427. The highest BCUT2D eigenvalue weighted by Crippen LogP contribution is 2.57. The van der Waals surface area contributed by atoms with Gasteiger partial charge in [-0.1, -0.05) is 74.4 Å². The molecule has 0 radical (unpaired) electrons. The van der Waals surface area contributed by atoms with E-state index in [1.165, 1.54) is 29.5 Å². The molecule has 1 N–H and O–H groups in total. The van der Waals surface area contributed by atoms with Gasteiger partial charge in [0.15, 0.2) is 5.72 Å². The van der Waals surface area contributed by atoms with E-state index in [0.29, 0.717) is 0 Å². The van der Waals surface area contributed by atoms with Crippen molar-refractivity contribution in [3.05, 3.63) is 71.3 Å². The second kappa shape index (κ2) is 5.96. The molecule has 1 saturated heterocycles. The van der Waals surface area contributed by atoms with Gasteiger partial charge in [0.25, 0.3) is 0 Å². The van der Waals surface area contributed by atoms with Crippen LogP contribution >= 0.6 is 0 Å². The summed E-state index contributed by atoms with van der Waals surface area (Å²) in [6.07, 6.45) is 4.57. The fraction of sp³-hybridized carbons (Fsp3) is 0.478. The van der Waals surface area contributed by atoms with Crippen LogP contribution in [0.15, 0.2) is 54.6 Å². The molecule has 1 aliphatic heterocycles. The molecule has 0 bridgehead atoms. The normalized spacial score (nSPS) is 29.9. The van der Waals surface area contributed by atoms with Crippen LogP contribution in [0.1, 0.15) is 56.7 Å². The molecule has 1 spiro atoms. The predicted molar refractivity (Wildman–Crippen MR) is 103 cm³/mol. The molecule has 1 fully saturated rings. The molecule has 2 nitrogen and oxygen atoms in total. The maximum atomic E-state index is 6.70. The van der Waals surface area contributed by atoms with Crippen LogP contribution in [-0.4, -0.2) is 12.1 Å². The van der Waals surface area contributed by atoms with E-state index >= 15 is 0 Å². The molecular weight excluding hydrogens is 306 g/mol. The topological polar surface area (TPSA) is 21.3 Å². The first-order valence-electron chi connectivity index (χ1n) is 9.60. The van der Waals surface area contributed by atoms with Crippen LogP contribution in [0.5, 0.6) is 0 Å². The molecule has 25 heavy (non-hydrogen) atoms. The van der Waals surface area contributed by atoms with Crippen LogP contribution in [-0.2, 0) is 22.3 Å². The van der Waals surface area contributed by atoms with E-state index in [0.717, 1.165) is 19.4 Å². The average Bonchev–Trinajstić information content (AvgIpc) is 3.10. The minimum absolute atomic E-state index is 0.0241. The second-order valence-electron chi connectivity index (χ2n) is 8.36. The number of hydrogen-bond acceptors (Lipinski definition) is 2. The van der Waals surface area contributed by atoms with Gasteiger partial charge in [-0.15, -0.1) is 0 Å². The van der Waals surface area contributed by atoms with Crippen molar-refractivity contribution in [3.8, 4) is 0 Å². The highest BCUT2D eigenvalue weighted by atomic mass is 16.5. The van der Waals surface area contributed by atoms with Crippen molar-refractivity contribution in [1.82, 2.24) is 5.32 Å². The average molecular weight is 335 g/mol. The summed E-state index contributed by atoms with van der Waals surface area (Å²) in [4.78, 5) is 0. The molecule has 2 aromatic carbocycles. The Morgan fingerprint density at radius 2 is 1.72 bits per heavy atom. The quantitative estimate of drug-likeness (QED) is 0.856. The Morgan fingerprint density at radius 3 is 2.40 bits per heavy atom. The van der Waals surface area contributed by atoms with E-state index in [1.807, 2.05) is 0 Å².